The standard InChI is InChI=1S/C17H23N3O/c21-17(19-13-4-5-13)12-2-1-3-14(10-12)18-15-8-9-20(11-15)16-6-7-16/h1-3,10,13,15-16,18H,4-9,11H2,(H,19,21). The van der Waals surface area contributed by atoms with Crippen LogP contribution < -0.4 is 10.6 Å². The highest BCUT2D eigenvalue weighted by atomic mass is 16.1. The second-order valence-electron chi connectivity index (χ2n) is 6.68. The molecule has 0 aromatic heterocycles. The second kappa shape index (κ2) is 5.34. The number of carbonyl (C=O) groups is 1. The number of hydrogen-bond acceptors (Lipinski definition) is 3. The van der Waals surface area contributed by atoms with Crippen molar-refractivity contribution in [2.24, 2.45) is 0 Å². The molecule has 3 fully saturated rings. The fourth-order valence-electron chi connectivity index (χ4n) is 3.16. The maximum Gasteiger partial charge on any atom is 0.251 e. The Morgan fingerprint density at radius 1 is 1.10 bits per heavy atom. The second-order valence-corrected chi connectivity index (χ2v) is 6.68. The summed E-state index contributed by atoms with van der Waals surface area (Å²) >= 11 is 0. The van der Waals surface area contributed by atoms with Crippen LogP contribution >= 0.6 is 0 Å². The molecular weight excluding hydrogens is 262 g/mol. The van der Waals surface area contributed by atoms with Crippen molar-refractivity contribution in [1.82, 2.24) is 10.2 Å². The van der Waals surface area contributed by atoms with Crippen LogP contribution in [0.1, 0.15) is 42.5 Å². The predicted octanol–water partition coefficient (Wildman–Crippen LogP) is 2.23. The molecule has 1 aliphatic heterocycles. The molecule has 3 aliphatic rings. The first-order valence-electron chi connectivity index (χ1n) is 8.19. The van der Waals surface area contributed by atoms with Crippen LogP contribution in [0, 0.1) is 0 Å². The molecule has 2 aliphatic carbocycles. The molecule has 112 valence electrons. The van der Waals surface area contributed by atoms with E-state index < -0.39 is 0 Å². The van der Waals surface area contributed by atoms with E-state index in [1.807, 2.05) is 18.2 Å². The molecule has 2 N–H and O–H groups in total. The number of likely N-dealkylation sites (tertiary alicyclic amines) is 1. The van der Waals surface area contributed by atoms with Crippen molar-refractivity contribution in [3.05, 3.63) is 29.8 Å². The average molecular weight is 285 g/mol. The summed E-state index contributed by atoms with van der Waals surface area (Å²) in [6.07, 6.45) is 6.22. The van der Waals surface area contributed by atoms with Crippen LogP contribution in [0.3, 0.4) is 0 Å². The van der Waals surface area contributed by atoms with Gasteiger partial charge in [-0.1, -0.05) is 6.07 Å². The molecule has 1 amide bonds. The van der Waals surface area contributed by atoms with E-state index in [1.54, 1.807) is 0 Å². The van der Waals surface area contributed by atoms with Gasteiger partial charge in [0.05, 0.1) is 0 Å². The summed E-state index contributed by atoms with van der Waals surface area (Å²) in [6.45, 7) is 2.35. The number of benzene rings is 1. The van der Waals surface area contributed by atoms with Gasteiger partial charge in [-0.15, -0.1) is 0 Å². The molecule has 0 radical (unpaired) electrons. The Hall–Kier alpha value is -1.55. The minimum absolute atomic E-state index is 0.0622. The number of hydrogen-bond donors (Lipinski definition) is 2. The Morgan fingerprint density at radius 2 is 1.95 bits per heavy atom. The molecule has 1 aromatic carbocycles. The van der Waals surface area contributed by atoms with E-state index in [2.05, 4.69) is 21.6 Å². The van der Waals surface area contributed by atoms with Crippen LogP contribution in [0.4, 0.5) is 5.69 Å². The fourth-order valence-corrected chi connectivity index (χ4v) is 3.16. The fraction of sp³-hybridized carbons (Fsp3) is 0.588. The van der Waals surface area contributed by atoms with Gasteiger partial charge in [0.1, 0.15) is 0 Å². The van der Waals surface area contributed by atoms with Gasteiger partial charge in [0, 0.05) is 42.5 Å². The van der Waals surface area contributed by atoms with Crippen molar-refractivity contribution in [3.63, 3.8) is 0 Å². The molecule has 0 spiro atoms. The Kier molecular flexibility index (Phi) is 3.34. The van der Waals surface area contributed by atoms with Gasteiger partial charge >= 0.3 is 0 Å². The number of rotatable bonds is 5. The molecule has 0 bridgehead atoms. The normalized spacial score (nSPS) is 25.8. The molecular formula is C17H23N3O. The zero-order valence-electron chi connectivity index (χ0n) is 12.3. The van der Waals surface area contributed by atoms with Crippen LogP contribution in [0.25, 0.3) is 0 Å². The third-order valence-corrected chi connectivity index (χ3v) is 4.69. The summed E-state index contributed by atoms with van der Waals surface area (Å²) in [7, 11) is 0. The van der Waals surface area contributed by atoms with Crippen LogP contribution in [0.15, 0.2) is 24.3 Å². The summed E-state index contributed by atoms with van der Waals surface area (Å²) in [4.78, 5) is 14.7. The van der Waals surface area contributed by atoms with Crippen LogP contribution in [0.5, 0.6) is 0 Å². The minimum atomic E-state index is 0.0622. The van der Waals surface area contributed by atoms with Crippen molar-refractivity contribution in [3.8, 4) is 0 Å². The Balaban J connectivity index is 1.37. The molecule has 1 heterocycles. The van der Waals surface area contributed by atoms with Crippen LogP contribution in [-0.2, 0) is 0 Å². The SMILES string of the molecule is O=C(NC1CC1)c1cccc(NC2CCN(C3CC3)C2)c1. The van der Waals surface area contributed by atoms with Gasteiger partial charge in [0.15, 0.2) is 0 Å². The quantitative estimate of drug-likeness (QED) is 0.872. The van der Waals surface area contributed by atoms with E-state index in [9.17, 15) is 4.79 Å². The summed E-state index contributed by atoms with van der Waals surface area (Å²) < 4.78 is 0. The van der Waals surface area contributed by atoms with Crippen molar-refractivity contribution < 1.29 is 4.79 Å². The molecule has 1 aromatic rings. The van der Waals surface area contributed by atoms with E-state index in [-0.39, 0.29) is 5.91 Å². The van der Waals surface area contributed by atoms with Crippen molar-refractivity contribution in [1.29, 1.82) is 0 Å². The van der Waals surface area contributed by atoms with E-state index in [0.29, 0.717) is 12.1 Å². The van der Waals surface area contributed by atoms with Gasteiger partial charge in [0.25, 0.3) is 5.91 Å². The predicted molar refractivity (Wildman–Crippen MR) is 83.6 cm³/mol. The highest BCUT2D eigenvalue weighted by Gasteiger charge is 2.34. The summed E-state index contributed by atoms with van der Waals surface area (Å²) in [5.41, 5.74) is 1.84. The van der Waals surface area contributed by atoms with Crippen LogP contribution in [0.2, 0.25) is 0 Å². The molecule has 4 heteroatoms. The highest BCUT2D eigenvalue weighted by molar-refractivity contribution is 5.95. The smallest absolute Gasteiger partial charge is 0.251 e. The maximum absolute atomic E-state index is 12.1. The lowest BCUT2D eigenvalue weighted by Crippen LogP contribution is -2.28. The molecule has 1 atom stereocenters. The van der Waals surface area contributed by atoms with Gasteiger partial charge in [-0.2, -0.15) is 0 Å². The molecule has 21 heavy (non-hydrogen) atoms. The number of anilines is 1. The molecule has 1 saturated heterocycles. The average Bonchev–Trinajstić information content (AvgIpc) is 3.41. The van der Waals surface area contributed by atoms with Crippen LogP contribution in [-0.4, -0.2) is 42.0 Å². The molecule has 1 unspecified atom stereocenters. The third-order valence-electron chi connectivity index (χ3n) is 4.69. The van der Waals surface area contributed by atoms with Crippen molar-refractivity contribution >= 4 is 11.6 Å². The summed E-state index contributed by atoms with van der Waals surface area (Å²) in [5, 5.41) is 6.64. The number of nitrogens with zero attached hydrogens (tertiary/aromatic N) is 1. The summed E-state index contributed by atoms with van der Waals surface area (Å²) in [5.74, 6) is 0.0622. The Bertz CT molecular complexity index is 537. The van der Waals surface area contributed by atoms with E-state index in [0.717, 1.165) is 36.7 Å². The molecule has 4 rings (SSSR count). The lowest BCUT2D eigenvalue weighted by Gasteiger charge is -2.17. The van der Waals surface area contributed by atoms with Gasteiger partial charge < -0.3 is 10.6 Å². The Labute approximate surface area is 125 Å². The molecule has 2 saturated carbocycles. The lowest BCUT2D eigenvalue weighted by molar-refractivity contribution is 0.0951. The highest BCUT2D eigenvalue weighted by Crippen LogP contribution is 2.30. The maximum atomic E-state index is 12.1. The van der Waals surface area contributed by atoms with Gasteiger partial charge in [-0.3, -0.25) is 9.69 Å². The van der Waals surface area contributed by atoms with Crippen molar-refractivity contribution in [2.45, 2.75) is 50.2 Å². The molecule has 4 nitrogen and oxygen atoms in total. The van der Waals surface area contributed by atoms with Gasteiger partial charge in [-0.25, -0.2) is 0 Å². The number of carbonyl (C=O) groups excluding carboxylic acids is 1. The first kappa shape index (κ1) is 13.1. The topological polar surface area (TPSA) is 44.4 Å². The van der Waals surface area contributed by atoms with Gasteiger partial charge in [-0.05, 0) is 50.3 Å². The van der Waals surface area contributed by atoms with Gasteiger partial charge in [0.2, 0.25) is 0 Å². The Morgan fingerprint density at radius 3 is 2.71 bits per heavy atom. The first-order chi connectivity index (χ1) is 10.3. The largest absolute Gasteiger partial charge is 0.381 e. The lowest BCUT2D eigenvalue weighted by atomic mass is 10.1. The number of nitrogens with one attached hydrogen (secondary N) is 2. The minimum Gasteiger partial charge on any atom is -0.381 e. The first-order valence-corrected chi connectivity index (χ1v) is 8.19. The van der Waals surface area contributed by atoms with E-state index >= 15 is 0 Å². The third kappa shape index (κ3) is 3.21. The van der Waals surface area contributed by atoms with Crippen molar-refractivity contribution in [2.75, 3.05) is 18.4 Å². The monoisotopic (exact) mass is 285 g/mol. The zero-order chi connectivity index (χ0) is 14.2. The summed E-state index contributed by atoms with van der Waals surface area (Å²) in [6, 6.07) is 9.70. The zero-order valence-corrected chi connectivity index (χ0v) is 12.3. The van der Waals surface area contributed by atoms with E-state index in [4.69, 9.17) is 0 Å². The number of amides is 1. The van der Waals surface area contributed by atoms with E-state index in [1.165, 1.54) is 25.8 Å².